The second-order valence-electron chi connectivity index (χ2n) is 7.61. The highest BCUT2D eigenvalue weighted by Crippen LogP contribution is 2.48. The van der Waals surface area contributed by atoms with Crippen LogP contribution in [0.25, 0.3) is 0 Å². The van der Waals surface area contributed by atoms with Gasteiger partial charge in [-0.15, -0.1) is 0 Å². The largest absolute Gasteiger partial charge is 0.462 e. The molecule has 26 heavy (non-hydrogen) atoms. The van der Waals surface area contributed by atoms with Crippen molar-refractivity contribution in [2.24, 2.45) is 18.2 Å². The van der Waals surface area contributed by atoms with Gasteiger partial charge in [-0.1, -0.05) is 13.8 Å². The van der Waals surface area contributed by atoms with Gasteiger partial charge in [0.1, 0.15) is 18.4 Å². The number of pyridine rings is 1. The first-order valence-electron chi connectivity index (χ1n) is 8.79. The topological polar surface area (TPSA) is 82.5 Å². The zero-order valence-electron chi connectivity index (χ0n) is 15.7. The molecule has 0 bridgehead atoms. The van der Waals surface area contributed by atoms with Crippen LogP contribution in [0.1, 0.15) is 45.1 Å². The monoisotopic (exact) mass is 357 g/mol. The van der Waals surface area contributed by atoms with E-state index in [1.165, 1.54) is 0 Å². The molecule has 1 aromatic heterocycles. The van der Waals surface area contributed by atoms with E-state index in [9.17, 15) is 9.59 Å². The van der Waals surface area contributed by atoms with Crippen LogP contribution in [-0.4, -0.2) is 18.4 Å². The highest BCUT2D eigenvalue weighted by atomic mass is 16.5. The van der Waals surface area contributed by atoms with Crippen molar-refractivity contribution in [1.29, 1.82) is 0 Å². The van der Waals surface area contributed by atoms with Crippen molar-refractivity contribution < 1.29 is 23.6 Å². The van der Waals surface area contributed by atoms with Crippen LogP contribution >= 0.6 is 0 Å². The van der Waals surface area contributed by atoms with Crippen molar-refractivity contribution in [2.45, 2.75) is 39.5 Å². The van der Waals surface area contributed by atoms with Gasteiger partial charge < -0.3 is 15.2 Å². The van der Waals surface area contributed by atoms with Gasteiger partial charge in [-0.3, -0.25) is 4.79 Å². The Labute approximate surface area is 153 Å². The lowest BCUT2D eigenvalue weighted by atomic mass is 9.70. The number of nitrogens with zero attached hydrogens (tertiary/aromatic N) is 1. The number of hydrogen-bond donors (Lipinski definition) is 1. The van der Waals surface area contributed by atoms with E-state index in [0.29, 0.717) is 24.2 Å². The van der Waals surface area contributed by atoms with Gasteiger partial charge in [-0.2, -0.15) is 0 Å². The number of carbonyl (C=O) groups excluding carboxylic acids is 2. The third-order valence-electron chi connectivity index (χ3n) is 4.75. The van der Waals surface area contributed by atoms with Crippen molar-refractivity contribution in [3.05, 3.63) is 52.9 Å². The summed E-state index contributed by atoms with van der Waals surface area (Å²) < 4.78 is 12.8. The molecule has 3 rings (SSSR count). The maximum absolute atomic E-state index is 13.0. The van der Waals surface area contributed by atoms with Gasteiger partial charge in [0.2, 0.25) is 5.88 Å². The minimum atomic E-state index is -0.575. The van der Waals surface area contributed by atoms with E-state index in [1.54, 1.807) is 6.92 Å². The average Bonchev–Trinajstić information content (AvgIpc) is 2.52. The molecule has 1 aliphatic heterocycles. The lowest BCUT2D eigenvalue weighted by molar-refractivity contribution is -0.671. The molecular formula is C20H25N2O4+. The van der Waals surface area contributed by atoms with Gasteiger partial charge in [-0.05, 0) is 18.4 Å². The normalized spacial score (nSPS) is 22.0. The van der Waals surface area contributed by atoms with Crippen LogP contribution in [0, 0.1) is 5.41 Å². The Kier molecular flexibility index (Phi) is 4.61. The molecule has 2 N–H and O–H groups in total. The molecule has 2 aliphatic rings. The maximum atomic E-state index is 13.0. The molecule has 0 spiro atoms. The molecule has 0 saturated heterocycles. The van der Waals surface area contributed by atoms with Crippen LogP contribution in [0.15, 0.2) is 47.3 Å². The van der Waals surface area contributed by atoms with Gasteiger partial charge in [0.25, 0.3) is 0 Å². The van der Waals surface area contributed by atoms with Crippen molar-refractivity contribution in [3.8, 4) is 0 Å². The van der Waals surface area contributed by atoms with Gasteiger partial charge in [0.15, 0.2) is 18.2 Å². The lowest BCUT2D eigenvalue weighted by Gasteiger charge is -2.37. The molecule has 6 nitrogen and oxygen atoms in total. The number of ether oxygens (including phenoxy) is 2. The average molecular weight is 357 g/mol. The Bertz CT molecular complexity index is 836. The number of allylic oxidation sites excluding steroid dienone is 2. The summed E-state index contributed by atoms with van der Waals surface area (Å²) >= 11 is 0. The number of Topliss-reactive ketones (excluding diaryl/α,β-unsaturated/α-hetero) is 1. The standard InChI is InChI=1S/C20H24N2O4/c1-5-25-19(24)17-15(12-7-6-8-22(4)11-12)16-13(23)9-20(2,3)10-14(16)26-18(17)21/h6-8,11,15H,5,9-10H2,1-4H3,(H-,21,24)/p+1. The van der Waals surface area contributed by atoms with E-state index in [4.69, 9.17) is 15.2 Å². The minimum absolute atomic E-state index is 0.0120. The van der Waals surface area contributed by atoms with E-state index < -0.39 is 11.9 Å². The van der Waals surface area contributed by atoms with Crippen molar-refractivity contribution in [1.82, 2.24) is 0 Å². The number of rotatable bonds is 3. The van der Waals surface area contributed by atoms with Crippen LogP contribution in [0.4, 0.5) is 0 Å². The van der Waals surface area contributed by atoms with Gasteiger partial charge in [0.05, 0.1) is 12.5 Å². The molecule has 2 heterocycles. The lowest BCUT2D eigenvalue weighted by Crippen LogP contribution is -2.37. The van der Waals surface area contributed by atoms with E-state index in [2.05, 4.69) is 0 Å². The summed E-state index contributed by atoms with van der Waals surface area (Å²) in [5, 5.41) is 0. The van der Waals surface area contributed by atoms with Crippen LogP contribution in [0.5, 0.6) is 0 Å². The summed E-state index contributed by atoms with van der Waals surface area (Å²) in [7, 11) is 1.89. The smallest absolute Gasteiger partial charge is 0.340 e. The summed E-state index contributed by atoms with van der Waals surface area (Å²) in [6, 6.07) is 3.77. The zero-order valence-corrected chi connectivity index (χ0v) is 15.7. The summed E-state index contributed by atoms with van der Waals surface area (Å²) in [6.45, 7) is 6.00. The first kappa shape index (κ1) is 18.2. The molecule has 0 amide bonds. The minimum Gasteiger partial charge on any atom is -0.462 e. The first-order chi connectivity index (χ1) is 12.2. The zero-order chi connectivity index (χ0) is 19.1. The molecule has 138 valence electrons. The molecule has 0 saturated carbocycles. The Balaban J connectivity index is 2.18. The fourth-order valence-electron chi connectivity index (χ4n) is 3.71. The highest BCUT2D eigenvalue weighted by molar-refractivity contribution is 6.03. The Hall–Kier alpha value is -2.63. The predicted molar refractivity (Wildman–Crippen MR) is 94.3 cm³/mol. The molecule has 1 aliphatic carbocycles. The molecule has 0 fully saturated rings. The number of aryl methyl sites for hydroxylation is 1. The van der Waals surface area contributed by atoms with Crippen LogP contribution in [-0.2, 0) is 26.1 Å². The molecule has 0 radical (unpaired) electrons. The van der Waals surface area contributed by atoms with Crippen molar-refractivity contribution >= 4 is 11.8 Å². The van der Waals surface area contributed by atoms with Gasteiger partial charge in [0, 0.05) is 30.0 Å². The predicted octanol–water partition coefficient (Wildman–Crippen LogP) is 2.00. The fraction of sp³-hybridized carbons (Fsp3) is 0.450. The summed E-state index contributed by atoms with van der Waals surface area (Å²) in [5.41, 5.74) is 7.45. The SMILES string of the molecule is CCOC(=O)C1=C(N)OC2=C(C(=O)CC(C)(C)C2)C1c1ccc[n+](C)c1. The van der Waals surface area contributed by atoms with E-state index >= 15 is 0 Å². The molecule has 6 heteroatoms. The summed E-state index contributed by atoms with van der Waals surface area (Å²) in [4.78, 5) is 25.6. The number of hydrogen-bond acceptors (Lipinski definition) is 5. The number of ketones is 1. The number of nitrogens with two attached hydrogens (primary N) is 1. The van der Waals surface area contributed by atoms with Crippen LogP contribution in [0.3, 0.4) is 0 Å². The third kappa shape index (κ3) is 3.23. The molecule has 1 atom stereocenters. The highest BCUT2D eigenvalue weighted by Gasteiger charge is 2.45. The number of carbonyl (C=O) groups is 2. The van der Waals surface area contributed by atoms with Gasteiger partial charge in [-0.25, -0.2) is 9.36 Å². The third-order valence-corrected chi connectivity index (χ3v) is 4.75. The number of aromatic nitrogens is 1. The van der Waals surface area contributed by atoms with E-state index in [-0.39, 0.29) is 29.3 Å². The van der Waals surface area contributed by atoms with Crippen LogP contribution < -0.4 is 10.3 Å². The Morgan fingerprint density at radius 2 is 2.15 bits per heavy atom. The first-order valence-corrected chi connectivity index (χ1v) is 8.79. The van der Waals surface area contributed by atoms with Crippen molar-refractivity contribution in [3.63, 3.8) is 0 Å². The summed E-state index contributed by atoms with van der Waals surface area (Å²) in [6.07, 6.45) is 4.78. The van der Waals surface area contributed by atoms with Crippen molar-refractivity contribution in [2.75, 3.05) is 6.61 Å². The molecule has 0 aromatic carbocycles. The molecule has 1 aromatic rings. The molecule has 1 unspecified atom stereocenters. The quantitative estimate of drug-likeness (QED) is 0.661. The van der Waals surface area contributed by atoms with Crippen LogP contribution in [0.2, 0.25) is 0 Å². The Morgan fingerprint density at radius 1 is 1.42 bits per heavy atom. The van der Waals surface area contributed by atoms with E-state index in [0.717, 1.165) is 5.56 Å². The summed E-state index contributed by atoms with van der Waals surface area (Å²) in [5.74, 6) is -0.556. The maximum Gasteiger partial charge on any atom is 0.340 e. The fourth-order valence-corrected chi connectivity index (χ4v) is 3.71. The molecular weight excluding hydrogens is 332 g/mol. The van der Waals surface area contributed by atoms with E-state index in [1.807, 2.05) is 50.0 Å². The number of esters is 1. The second-order valence-corrected chi connectivity index (χ2v) is 7.61. The second kappa shape index (κ2) is 6.59. The van der Waals surface area contributed by atoms with Gasteiger partial charge >= 0.3 is 5.97 Å². The Morgan fingerprint density at radius 3 is 2.81 bits per heavy atom.